The SMILES string of the molecule is O=C(CCn1c2c(c(=O)[nH]c1=O)CCC=CC2)NCC(=O)N1CCN(c2ncccn2)CC1. The number of allylic oxidation sites excluding steroid dienone is 2. The molecule has 0 unspecified atom stereocenters. The van der Waals surface area contributed by atoms with E-state index < -0.39 is 5.69 Å². The van der Waals surface area contributed by atoms with Gasteiger partial charge in [0.15, 0.2) is 0 Å². The van der Waals surface area contributed by atoms with E-state index in [4.69, 9.17) is 0 Å². The van der Waals surface area contributed by atoms with Gasteiger partial charge in [-0.15, -0.1) is 0 Å². The third-order valence-corrected chi connectivity index (χ3v) is 5.92. The number of amides is 2. The van der Waals surface area contributed by atoms with Crippen molar-refractivity contribution in [3.63, 3.8) is 0 Å². The number of nitrogens with zero attached hydrogens (tertiary/aromatic N) is 5. The van der Waals surface area contributed by atoms with E-state index >= 15 is 0 Å². The van der Waals surface area contributed by atoms with Gasteiger partial charge in [0.05, 0.1) is 6.54 Å². The topological polar surface area (TPSA) is 133 Å². The number of anilines is 1. The van der Waals surface area contributed by atoms with Crippen LogP contribution in [0.4, 0.5) is 5.95 Å². The fraction of sp³-hybridized carbons (Fsp3) is 0.455. The maximum absolute atomic E-state index is 12.5. The highest BCUT2D eigenvalue weighted by molar-refractivity contribution is 5.84. The van der Waals surface area contributed by atoms with Gasteiger partial charge in [-0.2, -0.15) is 0 Å². The van der Waals surface area contributed by atoms with Crippen molar-refractivity contribution in [3.8, 4) is 0 Å². The predicted molar refractivity (Wildman–Crippen MR) is 121 cm³/mol. The molecule has 0 atom stereocenters. The van der Waals surface area contributed by atoms with Crippen molar-refractivity contribution in [1.82, 2.24) is 29.7 Å². The molecule has 1 aliphatic carbocycles. The zero-order valence-corrected chi connectivity index (χ0v) is 18.3. The molecule has 2 aromatic rings. The van der Waals surface area contributed by atoms with Gasteiger partial charge in [0, 0.05) is 69.2 Å². The molecule has 33 heavy (non-hydrogen) atoms. The van der Waals surface area contributed by atoms with E-state index in [0.717, 1.165) is 6.42 Å². The zero-order valence-electron chi connectivity index (χ0n) is 18.3. The van der Waals surface area contributed by atoms with Gasteiger partial charge in [-0.1, -0.05) is 12.2 Å². The fourth-order valence-electron chi connectivity index (χ4n) is 4.12. The van der Waals surface area contributed by atoms with Crippen LogP contribution < -0.4 is 21.5 Å². The number of piperazine rings is 1. The molecule has 3 heterocycles. The summed E-state index contributed by atoms with van der Waals surface area (Å²) in [7, 11) is 0. The van der Waals surface area contributed by atoms with Crippen LogP contribution in [0.1, 0.15) is 24.1 Å². The number of hydrogen-bond acceptors (Lipinski definition) is 7. The maximum Gasteiger partial charge on any atom is 0.328 e. The number of rotatable bonds is 6. The maximum atomic E-state index is 12.5. The largest absolute Gasteiger partial charge is 0.347 e. The van der Waals surface area contributed by atoms with Gasteiger partial charge in [-0.25, -0.2) is 14.8 Å². The number of H-pyrrole nitrogens is 1. The first-order valence-corrected chi connectivity index (χ1v) is 11.1. The van der Waals surface area contributed by atoms with Gasteiger partial charge in [0.1, 0.15) is 0 Å². The zero-order chi connectivity index (χ0) is 23.2. The van der Waals surface area contributed by atoms with Crippen LogP contribution in [0.3, 0.4) is 0 Å². The second-order valence-corrected chi connectivity index (χ2v) is 7.99. The highest BCUT2D eigenvalue weighted by atomic mass is 16.2. The summed E-state index contributed by atoms with van der Waals surface area (Å²) in [6.45, 7) is 2.35. The summed E-state index contributed by atoms with van der Waals surface area (Å²) >= 11 is 0. The number of aromatic nitrogens is 4. The molecule has 0 aromatic carbocycles. The Balaban J connectivity index is 1.27. The molecular weight excluding hydrogens is 426 g/mol. The Bertz CT molecular complexity index is 1150. The molecule has 2 aromatic heterocycles. The summed E-state index contributed by atoms with van der Waals surface area (Å²) in [6, 6.07) is 1.76. The van der Waals surface area contributed by atoms with Crippen LogP contribution >= 0.6 is 0 Å². The van der Waals surface area contributed by atoms with Crippen molar-refractivity contribution in [2.45, 2.75) is 32.2 Å². The molecule has 174 valence electrons. The van der Waals surface area contributed by atoms with E-state index in [1.54, 1.807) is 23.4 Å². The van der Waals surface area contributed by atoms with Gasteiger partial charge < -0.3 is 15.1 Å². The summed E-state index contributed by atoms with van der Waals surface area (Å²) < 4.78 is 1.46. The van der Waals surface area contributed by atoms with E-state index in [2.05, 4.69) is 20.3 Å². The summed E-state index contributed by atoms with van der Waals surface area (Å²) in [5.41, 5.74) is 0.374. The third-order valence-electron chi connectivity index (χ3n) is 5.92. The van der Waals surface area contributed by atoms with E-state index in [-0.39, 0.29) is 36.9 Å². The number of nitrogens with one attached hydrogen (secondary N) is 2. The van der Waals surface area contributed by atoms with Crippen molar-refractivity contribution in [1.29, 1.82) is 0 Å². The van der Waals surface area contributed by atoms with Crippen molar-refractivity contribution < 1.29 is 9.59 Å². The molecule has 1 aliphatic heterocycles. The lowest BCUT2D eigenvalue weighted by atomic mass is 10.1. The Labute approximate surface area is 190 Å². The standard InChI is InChI=1S/C22H27N7O4/c30-18(7-10-29-17-6-3-1-2-5-16(17)20(32)26-22(29)33)25-15-19(31)27-11-13-28(14-12-27)21-23-8-4-9-24-21/h1,3-4,8-9H,2,5-7,10-15H2,(H,25,30)(H,26,32,33). The Kier molecular flexibility index (Phi) is 6.96. The van der Waals surface area contributed by atoms with E-state index in [9.17, 15) is 19.2 Å². The molecule has 4 rings (SSSR count). The number of fused-ring (bicyclic) bond motifs is 1. The molecule has 0 spiro atoms. The molecule has 11 nitrogen and oxygen atoms in total. The monoisotopic (exact) mass is 453 g/mol. The normalized spacial score (nSPS) is 15.6. The highest BCUT2D eigenvalue weighted by Crippen LogP contribution is 2.12. The molecule has 2 N–H and O–H groups in total. The lowest BCUT2D eigenvalue weighted by molar-refractivity contribution is -0.133. The average molecular weight is 454 g/mol. The Hall–Kier alpha value is -3.76. The number of aromatic amines is 1. The summed E-state index contributed by atoms with van der Waals surface area (Å²) in [5, 5.41) is 2.65. The van der Waals surface area contributed by atoms with Gasteiger partial charge in [-0.05, 0) is 18.9 Å². The highest BCUT2D eigenvalue weighted by Gasteiger charge is 2.23. The predicted octanol–water partition coefficient (Wildman–Crippen LogP) is -0.773. The molecule has 0 radical (unpaired) electrons. The second kappa shape index (κ2) is 10.2. The molecule has 2 aliphatic rings. The summed E-state index contributed by atoms with van der Waals surface area (Å²) in [6.07, 6.45) is 9.11. The second-order valence-electron chi connectivity index (χ2n) is 7.99. The average Bonchev–Trinajstić information content (AvgIpc) is 3.09. The number of carbonyl (C=O) groups is 2. The van der Waals surface area contributed by atoms with Crippen LogP contribution in [-0.2, 0) is 29.0 Å². The lowest BCUT2D eigenvalue weighted by Gasteiger charge is -2.34. The minimum absolute atomic E-state index is 0.0362. The van der Waals surface area contributed by atoms with Crippen LogP contribution in [0.2, 0.25) is 0 Å². The first-order valence-electron chi connectivity index (χ1n) is 11.1. The van der Waals surface area contributed by atoms with Crippen molar-refractivity contribution in [2.75, 3.05) is 37.6 Å². The van der Waals surface area contributed by atoms with Gasteiger partial charge in [0.25, 0.3) is 5.56 Å². The summed E-state index contributed by atoms with van der Waals surface area (Å²) in [4.78, 5) is 63.8. The fourth-order valence-corrected chi connectivity index (χ4v) is 4.12. The van der Waals surface area contributed by atoms with Crippen molar-refractivity contribution in [2.24, 2.45) is 0 Å². The number of carbonyl (C=O) groups excluding carboxylic acids is 2. The molecule has 11 heteroatoms. The molecule has 0 bridgehead atoms. The van der Waals surface area contributed by atoms with Crippen LogP contribution in [0.25, 0.3) is 0 Å². The quantitative estimate of drug-likeness (QED) is 0.549. The Morgan fingerprint density at radius 1 is 1.06 bits per heavy atom. The minimum atomic E-state index is -0.516. The molecule has 1 fully saturated rings. The molecule has 1 saturated heterocycles. The van der Waals surface area contributed by atoms with Crippen LogP contribution in [0.5, 0.6) is 0 Å². The van der Waals surface area contributed by atoms with Crippen molar-refractivity contribution >= 4 is 17.8 Å². The lowest BCUT2D eigenvalue weighted by Crippen LogP contribution is -2.51. The van der Waals surface area contributed by atoms with Crippen LogP contribution in [0.15, 0.2) is 40.2 Å². The van der Waals surface area contributed by atoms with Gasteiger partial charge in [-0.3, -0.25) is 23.9 Å². The molecular formula is C22H27N7O4. The van der Waals surface area contributed by atoms with Gasteiger partial charge in [0.2, 0.25) is 17.8 Å². The molecule has 0 saturated carbocycles. The third kappa shape index (κ3) is 5.36. The van der Waals surface area contributed by atoms with Crippen molar-refractivity contribution in [3.05, 3.63) is 62.7 Å². The van der Waals surface area contributed by atoms with Gasteiger partial charge >= 0.3 is 5.69 Å². The van der Waals surface area contributed by atoms with E-state index in [1.165, 1.54) is 4.57 Å². The Morgan fingerprint density at radius 3 is 2.58 bits per heavy atom. The molecule has 2 amide bonds. The first-order chi connectivity index (χ1) is 16.0. The Morgan fingerprint density at radius 2 is 1.82 bits per heavy atom. The van der Waals surface area contributed by atoms with E-state index in [0.29, 0.717) is 56.2 Å². The van der Waals surface area contributed by atoms with E-state index in [1.807, 2.05) is 17.1 Å². The van der Waals surface area contributed by atoms with Crippen LogP contribution in [0, 0.1) is 0 Å². The number of hydrogen-bond donors (Lipinski definition) is 2. The smallest absolute Gasteiger partial charge is 0.328 e. The van der Waals surface area contributed by atoms with Crippen LogP contribution in [-0.4, -0.2) is 69.0 Å². The minimum Gasteiger partial charge on any atom is -0.347 e. The summed E-state index contributed by atoms with van der Waals surface area (Å²) in [5.74, 6) is 0.164. The first kappa shape index (κ1) is 22.4.